The second-order valence-corrected chi connectivity index (χ2v) is 8.78. The zero-order chi connectivity index (χ0) is 15.5. The Morgan fingerprint density at radius 3 is 2.86 bits per heavy atom. The highest BCUT2D eigenvalue weighted by Gasteiger charge is 2.27. The smallest absolute Gasteiger partial charge is 0.250 e. The quantitative estimate of drug-likeness (QED) is 0.831. The first-order valence-corrected chi connectivity index (χ1v) is 9.74. The summed E-state index contributed by atoms with van der Waals surface area (Å²) in [5, 5.41) is 3.21. The van der Waals surface area contributed by atoms with E-state index in [-0.39, 0.29) is 6.04 Å². The van der Waals surface area contributed by atoms with E-state index in [1.54, 1.807) is 6.07 Å². The van der Waals surface area contributed by atoms with Crippen molar-refractivity contribution in [2.45, 2.75) is 49.5 Å². The van der Waals surface area contributed by atoms with Gasteiger partial charge in [0, 0.05) is 23.5 Å². The molecule has 0 amide bonds. The maximum atomic E-state index is 12.4. The van der Waals surface area contributed by atoms with Crippen LogP contribution >= 0.6 is 11.3 Å². The number of nitrogens with one attached hydrogen (secondary N) is 2. The van der Waals surface area contributed by atoms with Gasteiger partial charge in [-0.05, 0) is 52.0 Å². The molecule has 2 rings (SSSR count). The van der Waals surface area contributed by atoms with Crippen LogP contribution in [-0.2, 0) is 16.6 Å². The summed E-state index contributed by atoms with van der Waals surface area (Å²) in [5.41, 5.74) is 0. The second kappa shape index (κ2) is 7.19. The van der Waals surface area contributed by atoms with Crippen LogP contribution < -0.4 is 10.0 Å². The summed E-state index contributed by atoms with van der Waals surface area (Å²) in [6.45, 7) is 6.71. The highest BCUT2D eigenvalue weighted by Crippen LogP contribution is 2.23. The Morgan fingerprint density at radius 1 is 1.43 bits per heavy atom. The topological polar surface area (TPSA) is 61.4 Å². The molecular weight excluding hydrogens is 306 g/mol. The fourth-order valence-corrected chi connectivity index (χ4v) is 5.15. The van der Waals surface area contributed by atoms with E-state index in [0.29, 0.717) is 10.3 Å². The van der Waals surface area contributed by atoms with Gasteiger partial charge < -0.3 is 10.2 Å². The van der Waals surface area contributed by atoms with Crippen molar-refractivity contribution in [2.24, 2.45) is 0 Å². The van der Waals surface area contributed by atoms with Crippen molar-refractivity contribution >= 4 is 21.4 Å². The number of nitrogens with zero attached hydrogens (tertiary/aromatic N) is 1. The van der Waals surface area contributed by atoms with Crippen LogP contribution in [0.1, 0.15) is 31.6 Å². The largest absolute Gasteiger partial charge is 0.312 e. The average molecular weight is 332 g/mol. The lowest BCUT2D eigenvalue weighted by molar-refractivity contribution is 0.178. The summed E-state index contributed by atoms with van der Waals surface area (Å²) in [6.07, 6.45) is 1.74. The molecule has 7 heteroatoms. The first kappa shape index (κ1) is 16.9. The first-order chi connectivity index (χ1) is 9.92. The Hall–Kier alpha value is -0.470. The minimum Gasteiger partial charge on any atom is -0.312 e. The van der Waals surface area contributed by atoms with Crippen LogP contribution in [0.4, 0.5) is 0 Å². The standard InChI is InChI=1S/C14H25N3O2S2/c1-4-15-10-13-5-6-14(20-13)21(18,19)16-12-7-8-17(3)11(2)9-12/h5-6,11-12,15-16H,4,7-10H2,1-3H3. The van der Waals surface area contributed by atoms with Gasteiger partial charge in [0.2, 0.25) is 10.0 Å². The summed E-state index contributed by atoms with van der Waals surface area (Å²) in [4.78, 5) is 3.32. The Balaban J connectivity index is 1.99. The van der Waals surface area contributed by atoms with Crippen molar-refractivity contribution < 1.29 is 8.42 Å². The summed E-state index contributed by atoms with van der Waals surface area (Å²) in [7, 11) is -1.30. The van der Waals surface area contributed by atoms with Crippen molar-refractivity contribution in [1.29, 1.82) is 0 Å². The number of thiophene rings is 1. The van der Waals surface area contributed by atoms with Gasteiger partial charge >= 0.3 is 0 Å². The third kappa shape index (κ3) is 4.50. The number of hydrogen-bond donors (Lipinski definition) is 2. The highest BCUT2D eigenvalue weighted by molar-refractivity contribution is 7.91. The zero-order valence-corrected chi connectivity index (χ0v) is 14.6. The number of sulfonamides is 1. The van der Waals surface area contributed by atoms with Gasteiger partial charge in [0.05, 0.1) is 0 Å². The predicted molar refractivity (Wildman–Crippen MR) is 87.1 cm³/mol. The summed E-state index contributed by atoms with van der Waals surface area (Å²) in [5.74, 6) is 0. The van der Waals surface area contributed by atoms with E-state index < -0.39 is 10.0 Å². The van der Waals surface area contributed by atoms with Gasteiger partial charge in [-0.25, -0.2) is 13.1 Å². The molecule has 2 heterocycles. The molecule has 0 aliphatic carbocycles. The molecule has 1 saturated heterocycles. The average Bonchev–Trinajstić information content (AvgIpc) is 2.90. The molecule has 1 aliphatic rings. The summed E-state index contributed by atoms with van der Waals surface area (Å²) in [6, 6.07) is 4.05. The fraction of sp³-hybridized carbons (Fsp3) is 0.714. The van der Waals surface area contributed by atoms with Crippen molar-refractivity contribution in [1.82, 2.24) is 14.9 Å². The molecule has 0 bridgehead atoms. The molecule has 0 spiro atoms. The maximum Gasteiger partial charge on any atom is 0.250 e. The molecule has 2 N–H and O–H groups in total. The molecule has 21 heavy (non-hydrogen) atoms. The van der Waals surface area contributed by atoms with Crippen LogP contribution in [0.15, 0.2) is 16.3 Å². The molecule has 2 unspecified atom stereocenters. The van der Waals surface area contributed by atoms with E-state index in [9.17, 15) is 8.42 Å². The zero-order valence-electron chi connectivity index (χ0n) is 12.9. The van der Waals surface area contributed by atoms with Crippen molar-refractivity contribution in [3.63, 3.8) is 0 Å². The highest BCUT2D eigenvalue weighted by atomic mass is 32.2. The van der Waals surface area contributed by atoms with Gasteiger partial charge in [-0.3, -0.25) is 0 Å². The van der Waals surface area contributed by atoms with E-state index in [1.165, 1.54) is 11.3 Å². The van der Waals surface area contributed by atoms with Crippen molar-refractivity contribution in [2.75, 3.05) is 20.1 Å². The summed E-state index contributed by atoms with van der Waals surface area (Å²) >= 11 is 1.35. The number of likely N-dealkylation sites (tertiary alicyclic amines) is 1. The van der Waals surface area contributed by atoms with Crippen LogP contribution in [0.25, 0.3) is 0 Å². The Labute approximate surface area is 131 Å². The second-order valence-electron chi connectivity index (χ2n) is 5.67. The Morgan fingerprint density at radius 2 is 2.19 bits per heavy atom. The molecule has 0 aromatic carbocycles. The van der Waals surface area contributed by atoms with E-state index in [1.807, 2.05) is 13.0 Å². The minimum atomic E-state index is -3.38. The molecule has 2 atom stereocenters. The lowest BCUT2D eigenvalue weighted by Gasteiger charge is -2.35. The normalized spacial score (nSPS) is 24.3. The first-order valence-electron chi connectivity index (χ1n) is 7.44. The lowest BCUT2D eigenvalue weighted by Crippen LogP contribution is -2.47. The molecule has 1 aliphatic heterocycles. The number of hydrogen-bond acceptors (Lipinski definition) is 5. The van der Waals surface area contributed by atoms with Gasteiger partial charge in [-0.2, -0.15) is 0 Å². The van der Waals surface area contributed by atoms with Crippen molar-refractivity contribution in [3.8, 4) is 0 Å². The number of piperidine rings is 1. The van der Waals surface area contributed by atoms with Crippen molar-refractivity contribution in [3.05, 3.63) is 17.0 Å². The fourth-order valence-electron chi connectivity index (χ4n) is 2.52. The SMILES string of the molecule is CCNCc1ccc(S(=O)(=O)NC2CCN(C)C(C)C2)s1. The van der Waals surface area contributed by atoms with E-state index >= 15 is 0 Å². The van der Waals surface area contributed by atoms with Crippen LogP contribution in [0, 0.1) is 0 Å². The third-order valence-corrected chi connectivity index (χ3v) is 7.08. The van der Waals surface area contributed by atoms with E-state index in [4.69, 9.17) is 0 Å². The van der Waals surface area contributed by atoms with E-state index in [0.717, 1.165) is 37.4 Å². The summed E-state index contributed by atoms with van der Waals surface area (Å²) < 4.78 is 28.2. The number of rotatable bonds is 6. The predicted octanol–water partition coefficient (Wildman–Crippen LogP) is 1.62. The van der Waals surface area contributed by atoms with Gasteiger partial charge in [0.25, 0.3) is 0 Å². The lowest BCUT2D eigenvalue weighted by atomic mass is 10.0. The molecule has 1 aromatic rings. The van der Waals surface area contributed by atoms with E-state index in [2.05, 4.69) is 28.9 Å². The minimum absolute atomic E-state index is 0.0421. The Bertz CT molecular complexity index is 556. The van der Waals surface area contributed by atoms with Gasteiger partial charge in [-0.15, -0.1) is 11.3 Å². The molecule has 0 radical (unpaired) electrons. The molecule has 0 saturated carbocycles. The third-order valence-electron chi connectivity index (χ3n) is 3.98. The molecule has 120 valence electrons. The van der Waals surface area contributed by atoms with Gasteiger partial charge in [-0.1, -0.05) is 6.92 Å². The molecule has 1 aromatic heterocycles. The van der Waals surface area contributed by atoms with Crippen LogP contribution in [0.2, 0.25) is 0 Å². The van der Waals surface area contributed by atoms with Crippen LogP contribution in [0.5, 0.6) is 0 Å². The monoisotopic (exact) mass is 331 g/mol. The van der Waals surface area contributed by atoms with Crippen LogP contribution in [-0.4, -0.2) is 45.5 Å². The maximum absolute atomic E-state index is 12.4. The van der Waals surface area contributed by atoms with Crippen LogP contribution in [0.3, 0.4) is 0 Å². The Kier molecular flexibility index (Phi) is 5.79. The molecule has 1 fully saturated rings. The molecule has 5 nitrogen and oxygen atoms in total. The molecular formula is C14H25N3O2S2. The van der Waals surface area contributed by atoms with Gasteiger partial charge in [0.1, 0.15) is 4.21 Å². The van der Waals surface area contributed by atoms with Gasteiger partial charge in [0.15, 0.2) is 0 Å².